The van der Waals surface area contributed by atoms with Gasteiger partial charge in [-0.05, 0) is 62.0 Å². The molecule has 2 aromatic rings. The molecule has 0 bridgehead atoms. The molecule has 5 nitrogen and oxygen atoms in total. The lowest BCUT2D eigenvalue weighted by Crippen LogP contribution is -2.31. The van der Waals surface area contributed by atoms with Crippen LogP contribution in [0.25, 0.3) is 11.3 Å². The number of aromatic nitrogens is 3. The van der Waals surface area contributed by atoms with Gasteiger partial charge < -0.3 is 5.32 Å². The molecule has 2 heterocycles. The van der Waals surface area contributed by atoms with Crippen LogP contribution in [0.2, 0.25) is 5.02 Å². The number of hydrogen-bond acceptors (Lipinski definition) is 3. The molecule has 0 spiro atoms. The van der Waals surface area contributed by atoms with Crippen molar-refractivity contribution < 1.29 is 4.79 Å². The molecule has 0 aliphatic heterocycles. The monoisotopic (exact) mass is 444 g/mol. The molecule has 1 fully saturated rings. The van der Waals surface area contributed by atoms with Gasteiger partial charge in [0.15, 0.2) is 5.69 Å². The second-order valence-electron chi connectivity index (χ2n) is 9.45. The van der Waals surface area contributed by atoms with E-state index in [0.29, 0.717) is 35.6 Å². The molecule has 0 unspecified atom stereocenters. The largest absolute Gasteiger partial charge is 0.350 e. The Labute approximate surface area is 192 Å². The molecule has 0 aromatic carbocycles. The van der Waals surface area contributed by atoms with Crippen molar-refractivity contribution in [2.75, 3.05) is 6.54 Å². The number of rotatable bonds is 8. The molecular weight excluding hydrogens is 408 g/mol. The fourth-order valence-electron chi connectivity index (χ4n) is 4.51. The normalized spacial score (nSPS) is 19.1. The van der Waals surface area contributed by atoms with Gasteiger partial charge in [0.1, 0.15) is 0 Å². The van der Waals surface area contributed by atoms with Crippen LogP contribution >= 0.6 is 11.6 Å². The Morgan fingerprint density at radius 3 is 2.58 bits per heavy atom. The number of nitrogens with zero attached hydrogens (tertiary/aromatic N) is 3. The van der Waals surface area contributed by atoms with Gasteiger partial charge in [-0.3, -0.25) is 14.5 Å². The Hall–Kier alpha value is -1.88. The van der Waals surface area contributed by atoms with E-state index in [4.69, 9.17) is 11.6 Å². The average molecular weight is 445 g/mol. The maximum Gasteiger partial charge on any atom is 0.273 e. The van der Waals surface area contributed by atoms with Crippen LogP contribution in [-0.2, 0) is 19.4 Å². The van der Waals surface area contributed by atoms with Crippen LogP contribution in [0, 0.1) is 17.8 Å². The SMILES string of the molecule is CCc1cc(CC(C)C)ncc1-c1c(Cl)c(C(=O)NCC2CCC(C)CC2)nn1CC. The van der Waals surface area contributed by atoms with Crippen LogP contribution in [0.4, 0.5) is 0 Å². The van der Waals surface area contributed by atoms with Gasteiger partial charge >= 0.3 is 0 Å². The summed E-state index contributed by atoms with van der Waals surface area (Å²) >= 11 is 6.76. The Kier molecular flexibility index (Phi) is 8.15. The molecule has 0 atom stereocenters. The topological polar surface area (TPSA) is 59.8 Å². The highest BCUT2D eigenvalue weighted by molar-refractivity contribution is 6.36. The minimum atomic E-state index is -0.181. The number of nitrogens with one attached hydrogen (secondary N) is 1. The van der Waals surface area contributed by atoms with Gasteiger partial charge in [0.25, 0.3) is 5.91 Å². The van der Waals surface area contributed by atoms with Crippen molar-refractivity contribution in [3.05, 3.63) is 34.2 Å². The summed E-state index contributed by atoms with van der Waals surface area (Å²) in [5.74, 6) is 1.73. The van der Waals surface area contributed by atoms with E-state index in [0.717, 1.165) is 35.7 Å². The fraction of sp³-hybridized carbons (Fsp3) is 0.640. The Morgan fingerprint density at radius 2 is 1.97 bits per heavy atom. The van der Waals surface area contributed by atoms with E-state index in [1.807, 2.05) is 17.8 Å². The van der Waals surface area contributed by atoms with Crippen LogP contribution in [0.1, 0.15) is 82.0 Å². The van der Waals surface area contributed by atoms with Crippen molar-refractivity contribution in [3.8, 4) is 11.3 Å². The first-order valence-corrected chi connectivity index (χ1v) is 12.2. The molecule has 2 aromatic heterocycles. The zero-order valence-corrected chi connectivity index (χ0v) is 20.4. The molecule has 0 saturated heterocycles. The van der Waals surface area contributed by atoms with E-state index < -0.39 is 0 Å². The zero-order valence-electron chi connectivity index (χ0n) is 19.7. The molecule has 31 heavy (non-hydrogen) atoms. The lowest BCUT2D eigenvalue weighted by atomic mass is 9.83. The number of pyridine rings is 1. The predicted octanol–water partition coefficient (Wildman–Crippen LogP) is 5.94. The van der Waals surface area contributed by atoms with Crippen LogP contribution in [0.15, 0.2) is 12.3 Å². The first-order chi connectivity index (χ1) is 14.8. The van der Waals surface area contributed by atoms with Crippen LogP contribution in [0.5, 0.6) is 0 Å². The van der Waals surface area contributed by atoms with Gasteiger partial charge in [-0.1, -0.05) is 52.1 Å². The van der Waals surface area contributed by atoms with E-state index in [2.05, 4.69) is 49.2 Å². The summed E-state index contributed by atoms with van der Waals surface area (Å²) in [6, 6.07) is 2.17. The fourth-order valence-corrected chi connectivity index (χ4v) is 4.83. The Bertz CT molecular complexity index is 897. The molecular formula is C25H37ClN4O. The highest BCUT2D eigenvalue weighted by atomic mass is 35.5. The predicted molar refractivity (Wildman–Crippen MR) is 128 cm³/mol. The third kappa shape index (κ3) is 5.68. The summed E-state index contributed by atoms with van der Waals surface area (Å²) in [6.45, 7) is 12.2. The lowest BCUT2D eigenvalue weighted by Gasteiger charge is -2.26. The summed E-state index contributed by atoms with van der Waals surface area (Å²) in [6.07, 6.45) is 8.56. The standard InChI is InChI=1S/C25H37ClN4O/c1-6-19-13-20(12-16(3)4)27-15-21(19)24-22(26)23(29-30(24)7-2)25(31)28-14-18-10-8-17(5)9-11-18/h13,15-18H,6-12,14H2,1-5H3,(H,28,31). The molecule has 1 N–H and O–H groups in total. The molecule has 1 saturated carbocycles. The summed E-state index contributed by atoms with van der Waals surface area (Å²) < 4.78 is 1.83. The first kappa shape index (κ1) is 23.8. The maximum absolute atomic E-state index is 12.9. The van der Waals surface area contributed by atoms with Crippen molar-refractivity contribution in [2.24, 2.45) is 17.8 Å². The van der Waals surface area contributed by atoms with Crippen molar-refractivity contribution >= 4 is 17.5 Å². The smallest absolute Gasteiger partial charge is 0.273 e. The van der Waals surface area contributed by atoms with Gasteiger partial charge in [-0.25, -0.2) is 0 Å². The number of carbonyl (C=O) groups excluding carboxylic acids is 1. The van der Waals surface area contributed by atoms with E-state index in [-0.39, 0.29) is 5.91 Å². The minimum Gasteiger partial charge on any atom is -0.350 e. The third-order valence-electron chi connectivity index (χ3n) is 6.40. The van der Waals surface area contributed by atoms with Crippen molar-refractivity contribution in [2.45, 2.75) is 79.7 Å². The summed E-state index contributed by atoms with van der Waals surface area (Å²) in [5.41, 5.74) is 4.35. The second-order valence-corrected chi connectivity index (χ2v) is 9.83. The highest BCUT2D eigenvalue weighted by Gasteiger charge is 2.25. The van der Waals surface area contributed by atoms with E-state index in [9.17, 15) is 4.79 Å². The van der Waals surface area contributed by atoms with Gasteiger partial charge in [-0.2, -0.15) is 5.10 Å². The number of halogens is 1. The van der Waals surface area contributed by atoms with Crippen molar-refractivity contribution in [1.29, 1.82) is 0 Å². The number of amides is 1. The third-order valence-corrected chi connectivity index (χ3v) is 6.75. The molecule has 1 amide bonds. The summed E-state index contributed by atoms with van der Waals surface area (Å²) in [4.78, 5) is 17.6. The molecule has 0 radical (unpaired) electrons. The van der Waals surface area contributed by atoms with Crippen LogP contribution < -0.4 is 5.32 Å². The summed E-state index contributed by atoms with van der Waals surface area (Å²) in [5, 5.41) is 8.08. The highest BCUT2D eigenvalue weighted by Crippen LogP contribution is 2.34. The molecule has 1 aliphatic rings. The van der Waals surface area contributed by atoms with E-state index in [1.54, 1.807) is 0 Å². The van der Waals surface area contributed by atoms with Gasteiger partial charge in [0.2, 0.25) is 0 Å². The quantitative estimate of drug-likeness (QED) is 0.548. The van der Waals surface area contributed by atoms with Crippen molar-refractivity contribution in [1.82, 2.24) is 20.1 Å². The van der Waals surface area contributed by atoms with Crippen molar-refractivity contribution in [3.63, 3.8) is 0 Å². The average Bonchev–Trinajstić information content (AvgIpc) is 3.08. The minimum absolute atomic E-state index is 0.181. The second kappa shape index (κ2) is 10.6. The molecule has 170 valence electrons. The zero-order chi connectivity index (χ0) is 22.5. The van der Waals surface area contributed by atoms with E-state index >= 15 is 0 Å². The van der Waals surface area contributed by atoms with Gasteiger partial charge in [0, 0.05) is 30.5 Å². The molecule has 6 heteroatoms. The number of carbonyl (C=O) groups is 1. The van der Waals surface area contributed by atoms with E-state index in [1.165, 1.54) is 31.2 Å². The number of aryl methyl sites for hydroxylation is 2. The lowest BCUT2D eigenvalue weighted by molar-refractivity contribution is 0.0936. The Morgan fingerprint density at radius 1 is 1.26 bits per heavy atom. The van der Waals surface area contributed by atoms with Crippen LogP contribution in [0.3, 0.4) is 0 Å². The molecule has 3 rings (SSSR count). The first-order valence-electron chi connectivity index (χ1n) is 11.9. The molecule has 1 aliphatic carbocycles. The van der Waals surface area contributed by atoms with Gasteiger partial charge in [-0.15, -0.1) is 0 Å². The van der Waals surface area contributed by atoms with Crippen LogP contribution in [-0.4, -0.2) is 27.2 Å². The van der Waals surface area contributed by atoms with Gasteiger partial charge in [0.05, 0.1) is 10.7 Å². The Balaban J connectivity index is 1.83. The number of hydrogen-bond donors (Lipinski definition) is 1. The summed E-state index contributed by atoms with van der Waals surface area (Å²) in [7, 11) is 0. The maximum atomic E-state index is 12.9.